The number of halogens is 3. The lowest BCUT2D eigenvalue weighted by Crippen LogP contribution is -2.45. The highest BCUT2D eigenvalue weighted by molar-refractivity contribution is 6.42. The number of nitrogens with two attached hydrogens (primary N) is 1. The Labute approximate surface area is 147 Å². The highest BCUT2D eigenvalue weighted by Crippen LogP contribution is 2.27. The Morgan fingerprint density at radius 1 is 1.41 bits per heavy atom. The number of rotatable bonds is 5. The van der Waals surface area contributed by atoms with Crippen LogP contribution in [0.5, 0.6) is 5.75 Å². The first-order chi connectivity index (χ1) is 10.0. The molecular weight excluding hydrogens is 347 g/mol. The van der Waals surface area contributed by atoms with Gasteiger partial charge in [0.25, 0.3) is 5.91 Å². The first kappa shape index (κ1) is 19.4. The van der Waals surface area contributed by atoms with E-state index >= 15 is 0 Å². The SMILES string of the molecule is CC(Oc1ccc(Cl)c(Cl)c1)C(=O)NC1CCCC1CN.Cl. The minimum atomic E-state index is -0.596. The van der Waals surface area contributed by atoms with Crippen LogP contribution in [0.15, 0.2) is 18.2 Å². The predicted octanol–water partition coefficient (Wildman–Crippen LogP) is 3.43. The zero-order valence-electron chi connectivity index (χ0n) is 12.4. The summed E-state index contributed by atoms with van der Waals surface area (Å²) in [6, 6.07) is 5.09. The quantitative estimate of drug-likeness (QED) is 0.838. The van der Waals surface area contributed by atoms with Crippen molar-refractivity contribution in [3.63, 3.8) is 0 Å². The number of carbonyl (C=O) groups is 1. The van der Waals surface area contributed by atoms with Crippen LogP contribution in [0.2, 0.25) is 10.0 Å². The van der Waals surface area contributed by atoms with E-state index in [2.05, 4.69) is 5.32 Å². The Morgan fingerprint density at radius 2 is 2.14 bits per heavy atom. The minimum Gasteiger partial charge on any atom is -0.481 e. The van der Waals surface area contributed by atoms with Gasteiger partial charge < -0.3 is 15.8 Å². The Bertz CT molecular complexity index is 514. The van der Waals surface area contributed by atoms with Gasteiger partial charge in [-0.05, 0) is 44.4 Å². The molecule has 1 aliphatic rings. The van der Waals surface area contributed by atoms with Crippen molar-refractivity contribution in [2.45, 2.75) is 38.3 Å². The fourth-order valence-corrected chi connectivity index (χ4v) is 2.90. The third kappa shape index (κ3) is 4.92. The maximum Gasteiger partial charge on any atom is 0.261 e. The second kappa shape index (κ2) is 8.82. The standard InChI is InChI=1S/C15H20Cl2N2O2.ClH/c1-9(21-11-5-6-12(16)13(17)7-11)15(20)19-14-4-2-3-10(14)8-18;/h5-7,9-10,14H,2-4,8,18H2,1H3,(H,19,20);1H. The van der Waals surface area contributed by atoms with Crippen LogP contribution in [0.1, 0.15) is 26.2 Å². The lowest BCUT2D eigenvalue weighted by atomic mass is 10.0. The van der Waals surface area contributed by atoms with Gasteiger partial charge in [-0.2, -0.15) is 0 Å². The van der Waals surface area contributed by atoms with Crippen LogP contribution < -0.4 is 15.8 Å². The van der Waals surface area contributed by atoms with Gasteiger partial charge in [-0.3, -0.25) is 4.79 Å². The van der Waals surface area contributed by atoms with E-state index < -0.39 is 6.10 Å². The summed E-state index contributed by atoms with van der Waals surface area (Å²) in [5.41, 5.74) is 5.72. The second-order valence-corrected chi connectivity index (χ2v) is 6.19. The molecule has 7 heteroatoms. The molecule has 1 saturated carbocycles. The average Bonchev–Trinajstić information content (AvgIpc) is 2.90. The number of benzene rings is 1. The molecule has 2 rings (SSSR count). The van der Waals surface area contributed by atoms with Crippen molar-refractivity contribution >= 4 is 41.5 Å². The van der Waals surface area contributed by atoms with Gasteiger partial charge >= 0.3 is 0 Å². The van der Waals surface area contributed by atoms with E-state index in [0.717, 1.165) is 19.3 Å². The van der Waals surface area contributed by atoms with Crippen LogP contribution in [0.3, 0.4) is 0 Å². The molecule has 0 saturated heterocycles. The van der Waals surface area contributed by atoms with E-state index in [4.69, 9.17) is 33.7 Å². The molecule has 3 N–H and O–H groups in total. The molecule has 0 aromatic heterocycles. The van der Waals surface area contributed by atoms with Crippen molar-refractivity contribution in [3.05, 3.63) is 28.2 Å². The Kier molecular flexibility index (Phi) is 7.77. The summed E-state index contributed by atoms with van der Waals surface area (Å²) in [7, 11) is 0. The van der Waals surface area contributed by atoms with E-state index in [1.807, 2.05) is 0 Å². The summed E-state index contributed by atoms with van der Waals surface area (Å²) < 4.78 is 5.60. The van der Waals surface area contributed by atoms with E-state index in [0.29, 0.717) is 28.3 Å². The molecule has 4 nitrogen and oxygen atoms in total. The van der Waals surface area contributed by atoms with E-state index in [1.54, 1.807) is 25.1 Å². The summed E-state index contributed by atoms with van der Waals surface area (Å²) in [4.78, 5) is 12.2. The second-order valence-electron chi connectivity index (χ2n) is 5.38. The molecule has 0 spiro atoms. The largest absolute Gasteiger partial charge is 0.481 e. The molecule has 22 heavy (non-hydrogen) atoms. The number of ether oxygens (including phenoxy) is 1. The van der Waals surface area contributed by atoms with Crippen molar-refractivity contribution in [3.8, 4) is 5.75 Å². The smallest absolute Gasteiger partial charge is 0.261 e. The molecule has 1 amide bonds. The van der Waals surface area contributed by atoms with Crippen LogP contribution in [0.4, 0.5) is 0 Å². The highest BCUT2D eigenvalue weighted by atomic mass is 35.5. The van der Waals surface area contributed by atoms with E-state index in [9.17, 15) is 4.79 Å². The number of carbonyl (C=O) groups excluding carboxylic acids is 1. The van der Waals surface area contributed by atoms with Crippen LogP contribution >= 0.6 is 35.6 Å². The highest BCUT2D eigenvalue weighted by Gasteiger charge is 2.29. The third-order valence-electron chi connectivity index (χ3n) is 3.86. The molecule has 0 heterocycles. The molecule has 1 fully saturated rings. The molecule has 124 valence electrons. The number of hydrogen-bond acceptors (Lipinski definition) is 3. The fraction of sp³-hybridized carbons (Fsp3) is 0.533. The molecule has 0 bridgehead atoms. The summed E-state index contributed by atoms with van der Waals surface area (Å²) >= 11 is 11.8. The number of nitrogens with one attached hydrogen (secondary N) is 1. The lowest BCUT2D eigenvalue weighted by Gasteiger charge is -2.22. The molecule has 1 aromatic rings. The number of hydrogen-bond donors (Lipinski definition) is 2. The summed E-state index contributed by atoms with van der Waals surface area (Å²) in [6.45, 7) is 2.32. The Hall–Kier alpha value is -0.680. The van der Waals surface area contributed by atoms with Gasteiger partial charge in [0.15, 0.2) is 6.10 Å². The van der Waals surface area contributed by atoms with Crippen LogP contribution in [-0.4, -0.2) is 24.6 Å². The van der Waals surface area contributed by atoms with Crippen molar-refractivity contribution < 1.29 is 9.53 Å². The molecular formula is C15H21Cl3N2O2. The van der Waals surface area contributed by atoms with Crippen molar-refractivity contribution in [1.29, 1.82) is 0 Å². The molecule has 0 aliphatic heterocycles. The van der Waals surface area contributed by atoms with Crippen LogP contribution in [-0.2, 0) is 4.79 Å². The Morgan fingerprint density at radius 3 is 2.77 bits per heavy atom. The molecule has 1 aromatic carbocycles. The zero-order chi connectivity index (χ0) is 15.4. The van der Waals surface area contributed by atoms with Crippen molar-refractivity contribution in [2.24, 2.45) is 11.7 Å². The summed E-state index contributed by atoms with van der Waals surface area (Å²) in [5.74, 6) is 0.756. The van der Waals surface area contributed by atoms with Gasteiger partial charge in [-0.15, -0.1) is 12.4 Å². The van der Waals surface area contributed by atoms with Crippen molar-refractivity contribution in [1.82, 2.24) is 5.32 Å². The summed E-state index contributed by atoms with van der Waals surface area (Å²) in [5, 5.41) is 3.88. The van der Waals surface area contributed by atoms with Gasteiger partial charge in [-0.25, -0.2) is 0 Å². The van der Waals surface area contributed by atoms with Gasteiger partial charge in [-0.1, -0.05) is 29.6 Å². The average molecular weight is 368 g/mol. The summed E-state index contributed by atoms with van der Waals surface area (Å²) in [6.07, 6.45) is 2.56. The fourth-order valence-electron chi connectivity index (χ4n) is 2.62. The normalized spacial score (nSPS) is 21.8. The van der Waals surface area contributed by atoms with Gasteiger partial charge in [0.2, 0.25) is 0 Å². The van der Waals surface area contributed by atoms with Gasteiger partial charge in [0, 0.05) is 12.1 Å². The van der Waals surface area contributed by atoms with E-state index in [-0.39, 0.29) is 24.4 Å². The Balaban J connectivity index is 0.00000242. The first-order valence-electron chi connectivity index (χ1n) is 7.13. The molecule has 3 unspecified atom stereocenters. The van der Waals surface area contributed by atoms with Crippen LogP contribution in [0.25, 0.3) is 0 Å². The van der Waals surface area contributed by atoms with Gasteiger partial charge in [0.1, 0.15) is 5.75 Å². The predicted molar refractivity (Wildman–Crippen MR) is 92.1 cm³/mol. The minimum absolute atomic E-state index is 0. The van der Waals surface area contributed by atoms with E-state index in [1.165, 1.54) is 0 Å². The maximum absolute atomic E-state index is 12.2. The molecule has 1 aliphatic carbocycles. The number of amides is 1. The first-order valence-corrected chi connectivity index (χ1v) is 7.89. The molecule has 3 atom stereocenters. The zero-order valence-corrected chi connectivity index (χ0v) is 14.7. The van der Waals surface area contributed by atoms with Gasteiger partial charge in [0.05, 0.1) is 10.0 Å². The monoisotopic (exact) mass is 366 g/mol. The molecule has 0 radical (unpaired) electrons. The van der Waals surface area contributed by atoms with Crippen LogP contribution in [0, 0.1) is 5.92 Å². The van der Waals surface area contributed by atoms with Crippen molar-refractivity contribution in [2.75, 3.05) is 6.54 Å². The third-order valence-corrected chi connectivity index (χ3v) is 4.60. The maximum atomic E-state index is 12.2. The topological polar surface area (TPSA) is 64.3 Å². The lowest BCUT2D eigenvalue weighted by molar-refractivity contribution is -0.128.